The number of carbonyl (C=O) groups is 1. The molecule has 0 bridgehead atoms. The lowest BCUT2D eigenvalue weighted by molar-refractivity contribution is -0.898. The van der Waals surface area contributed by atoms with Gasteiger partial charge >= 0.3 is 0 Å². The lowest BCUT2D eigenvalue weighted by Crippen LogP contribution is -2.46. The van der Waals surface area contributed by atoms with E-state index in [0.29, 0.717) is 24.6 Å². The van der Waals surface area contributed by atoms with E-state index in [0.717, 1.165) is 47.0 Å². The average Bonchev–Trinajstić information content (AvgIpc) is 2.89. The molecule has 1 N–H and O–H groups in total. The van der Waals surface area contributed by atoms with Crippen molar-refractivity contribution in [3.05, 3.63) is 70.9 Å². The van der Waals surface area contributed by atoms with Gasteiger partial charge in [0.15, 0.2) is 0 Å². The second-order valence-electron chi connectivity index (χ2n) is 10.6. The van der Waals surface area contributed by atoms with Gasteiger partial charge in [-0.05, 0) is 51.0 Å². The standard InChI is InChI=1S/C30H37N3O2/c1-22(23-13-5-2-6-14-23)31-30(34)28-25-17-9-10-18-27(25)32-29(24-15-7-3-8-16-24)26(28)21-33(35)19-11-4-12-20-33/h3,7-10,15-18,22-23H,2,4-6,11-14,19-21H2,1H3,(H,31,34). The second kappa shape index (κ2) is 10.5. The summed E-state index contributed by atoms with van der Waals surface area (Å²) in [6.07, 6.45) is 9.08. The number of amides is 1. The number of likely N-dealkylation sites (tertiary alicyclic amines) is 1. The third-order valence-electron chi connectivity index (χ3n) is 8.06. The first-order valence-electron chi connectivity index (χ1n) is 13.4. The molecule has 2 heterocycles. The number of pyridine rings is 1. The number of para-hydroxylation sites is 1. The van der Waals surface area contributed by atoms with Gasteiger partial charge in [0.2, 0.25) is 0 Å². The third kappa shape index (κ3) is 5.26. The van der Waals surface area contributed by atoms with Gasteiger partial charge in [-0.15, -0.1) is 0 Å². The molecule has 5 heteroatoms. The van der Waals surface area contributed by atoms with Crippen molar-refractivity contribution >= 4 is 16.8 Å². The number of hydroxylamine groups is 3. The molecule has 0 radical (unpaired) electrons. The van der Waals surface area contributed by atoms with Crippen molar-refractivity contribution in [3.63, 3.8) is 0 Å². The molecule has 35 heavy (non-hydrogen) atoms. The molecule has 3 aromatic rings. The number of benzene rings is 2. The Hall–Kier alpha value is -2.76. The Bertz CT molecular complexity index is 1160. The van der Waals surface area contributed by atoms with E-state index in [4.69, 9.17) is 4.98 Å². The average molecular weight is 472 g/mol. The highest BCUT2D eigenvalue weighted by molar-refractivity contribution is 6.09. The van der Waals surface area contributed by atoms with E-state index in [9.17, 15) is 10.0 Å². The van der Waals surface area contributed by atoms with Gasteiger partial charge in [0, 0.05) is 22.6 Å². The highest BCUT2D eigenvalue weighted by atomic mass is 16.5. The van der Waals surface area contributed by atoms with Crippen molar-refractivity contribution in [1.82, 2.24) is 10.3 Å². The third-order valence-corrected chi connectivity index (χ3v) is 8.06. The number of aromatic nitrogens is 1. The van der Waals surface area contributed by atoms with Gasteiger partial charge in [0.1, 0.15) is 6.54 Å². The van der Waals surface area contributed by atoms with E-state index in [1.54, 1.807) is 0 Å². The SMILES string of the molecule is CC(NC(=O)c1c(C[N+]2([O-])CCCCC2)c(-c2ccccc2)nc2ccccc12)C1CCCCC1. The molecule has 1 aromatic heterocycles. The number of carbonyl (C=O) groups excluding carboxylic acids is 1. The van der Waals surface area contributed by atoms with E-state index in [1.165, 1.54) is 32.1 Å². The number of rotatable bonds is 6. The number of nitrogens with zero attached hydrogens (tertiary/aromatic N) is 2. The van der Waals surface area contributed by atoms with Gasteiger partial charge in [-0.25, -0.2) is 4.98 Å². The number of hydrogen-bond donors (Lipinski definition) is 1. The summed E-state index contributed by atoms with van der Waals surface area (Å²) in [7, 11) is 0. The van der Waals surface area contributed by atoms with Gasteiger partial charge in [0.05, 0.1) is 29.9 Å². The molecule has 5 rings (SSSR count). The van der Waals surface area contributed by atoms with Crippen LogP contribution < -0.4 is 5.32 Å². The number of piperidine rings is 1. The molecule has 1 aliphatic heterocycles. The zero-order valence-corrected chi connectivity index (χ0v) is 20.8. The first-order valence-corrected chi connectivity index (χ1v) is 13.4. The van der Waals surface area contributed by atoms with E-state index < -0.39 is 0 Å². The predicted molar refractivity (Wildman–Crippen MR) is 142 cm³/mol. The molecule has 2 aliphatic rings. The lowest BCUT2D eigenvalue weighted by Gasteiger charge is -2.46. The van der Waals surface area contributed by atoms with Crippen LogP contribution in [0.2, 0.25) is 0 Å². The molecule has 1 atom stereocenters. The van der Waals surface area contributed by atoms with Crippen molar-refractivity contribution in [2.24, 2.45) is 5.92 Å². The van der Waals surface area contributed by atoms with Crippen LogP contribution in [0.3, 0.4) is 0 Å². The molecule has 2 fully saturated rings. The number of quaternary nitrogens is 1. The number of nitrogens with one attached hydrogen (secondary N) is 1. The van der Waals surface area contributed by atoms with Gasteiger partial charge in [-0.2, -0.15) is 0 Å². The van der Waals surface area contributed by atoms with Crippen LogP contribution in [0.4, 0.5) is 0 Å². The van der Waals surface area contributed by atoms with Gasteiger partial charge in [0.25, 0.3) is 5.91 Å². The van der Waals surface area contributed by atoms with Crippen LogP contribution in [-0.4, -0.2) is 34.7 Å². The molecule has 2 aromatic carbocycles. The van der Waals surface area contributed by atoms with E-state index in [-0.39, 0.29) is 23.1 Å². The van der Waals surface area contributed by atoms with Crippen LogP contribution in [0.15, 0.2) is 54.6 Å². The summed E-state index contributed by atoms with van der Waals surface area (Å²) in [6, 6.07) is 18.0. The van der Waals surface area contributed by atoms with Crippen molar-refractivity contribution < 1.29 is 9.44 Å². The molecular weight excluding hydrogens is 434 g/mol. The van der Waals surface area contributed by atoms with E-state index >= 15 is 0 Å². The first kappa shape index (κ1) is 24.0. The Morgan fingerprint density at radius 2 is 1.63 bits per heavy atom. The maximum Gasteiger partial charge on any atom is 0.252 e. The lowest BCUT2D eigenvalue weighted by atomic mass is 9.84. The van der Waals surface area contributed by atoms with Crippen molar-refractivity contribution in [3.8, 4) is 11.3 Å². The van der Waals surface area contributed by atoms with Gasteiger partial charge in [-0.3, -0.25) is 4.79 Å². The monoisotopic (exact) mass is 471 g/mol. The molecule has 1 saturated carbocycles. The quantitative estimate of drug-likeness (QED) is 0.325. The fourth-order valence-corrected chi connectivity index (χ4v) is 6.07. The summed E-state index contributed by atoms with van der Waals surface area (Å²) >= 11 is 0. The summed E-state index contributed by atoms with van der Waals surface area (Å²) in [5, 5.41) is 18.0. The smallest absolute Gasteiger partial charge is 0.252 e. The van der Waals surface area contributed by atoms with Crippen molar-refractivity contribution in [1.29, 1.82) is 0 Å². The van der Waals surface area contributed by atoms with Crippen LogP contribution in [-0.2, 0) is 6.54 Å². The summed E-state index contributed by atoms with van der Waals surface area (Å²) in [5.41, 5.74) is 3.93. The van der Waals surface area contributed by atoms with Crippen LogP contribution in [0.25, 0.3) is 22.2 Å². The highest BCUT2D eigenvalue weighted by Gasteiger charge is 2.30. The van der Waals surface area contributed by atoms with Crippen LogP contribution >= 0.6 is 0 Å². The Morgan fingerprint density at radius 1 is 0.971 bits per heavy atom. The maximum atomic E-state index is 14.0. The summed E-state index contributed by atoms with van der Waals surface area (Å²) in [5.74, 6) is 0.440. The molecule has 1 aliphatic carbocycles. The maximum absolute atomic E-state index is 14.0. The van der Waals surface area contributed by atoms with Crippen molar-refractivity contribution in [2.45, 2.75) is 70.9 Å². The minimum Gasteiger partial charge on any atom is -0.633 e. The van der Waals surface area contributed by atoms with E-state index in [2.05, 4.69) is 12.2 Å². The largest absolute Gasteiger partial charge is 0.633 e. The Kier molecular flexibility index (Phi) is 7.17. The molecular formula is C30H37N3O2. The van der Waals surface area contributed by atoms with Crippen molar-refractivity contribution in [2.75, 3.05) is 13.1 Å². The summed E-state index contributed by atoms with van der Waals surface area (Å²) < 4.78 is -0.279. The fourth-order valence-electron chi connectivity index (χ4n) is 6.07. The van der Waals surface area contributed by atoms with Gasteiger partial charge < -0.3 is 15.2 Å². The molecule has 184 valence electrons. The number of fused-ring (bicyclic) bond motifs is 1. The van der Waals surface area contributed by atoms with Crippen LogP contribution in [0.1, 0.15) is 74.2 Å². The van der Waals surface area contributed by atoms with E-state index in [1.807, 2.05) is 54.6 Å². The Morgan fingerprint density at radius 3 is 2.37 bits per heavy atom. The number of hydrogen-bond acceptors (Lipinski definition) is 3. The Labute approximate surface area is 208 Å². The normalized spacial score (nSPS) is 19.4. The minimum atomic E-state index is -0.279. The molecule has 5 nitrogen and oxygen atoms in total. The first-order chi connectivity index (χ1) is 17.0. The fraction of sp³-hybridized carbons (Fsp3) is 0.467. The Balaban J connectivity index is 1.62. The molecule has 1 amide bonds. The highest BCUT2D eigenvalue weighted by Crippen LogP contribution is 2.34. The molecule has 0 spiro atoms. The predicted octanol–water partition coefficient (Wildman–Crippen LogP) is 6.60. The van der Waals surface area contributed by atoms with Crippen LogP contribution in [0, 0.1) is 11.1 Å². The topological polar surface area (TPSA) is 65.0 Å². The molecule has 1 saturated heterocycles. The minimum absolute atomic E-state index is 0.0718. The van der Waals surface area contributed by atoms with Crippen LogP contribution in [0.5, 0.6) is 0 Å². The summed E-state index contributed by atoms with van der Waals surface area (Å²) in [4.78, 5) is 19.0. The molecule has 1 unspecified atom stereocenters. The zero-order valence-electron chi connectivity index (χ0n) is 20.8. The second-order valence-corrected chi connectivity index (χ2v) is 10.6. The summed E-state index contributed by atoms with van der Waals surface area (Å²) in [6.45, 7) is 3.62. The zero-order chi connectivity index (χ0) is 24.3. The van der Waals surface area contributed by atoms with Gasteiger partial charge in [-0.1, -0.05) is 67.8 Å².